The number of aromatic nitrogens is 3. The first-order valence-corrected chi connectivity index (χ1v) is 10.0. The second-order valence-electron chi connectivity index (χ2n) is 6.30. The quantitative estimate of drug-likeness (QED) is 0.455. The average Bonchev–Trinajstić information content (AvgIpc) is 3.33. The van der Waals surface area contributed by atoms with Crippen molar-refractivity contribution in [3.05, 3.63) is 64.0 Å². The van der Waals surface area contributed by atoms with Gasteiger partial charge in [0, 0.05) is 0 Å². The zero-order valence-corrected chi connectivity index (χ0v) is 16.9. The lowest BCUT2D eigenvalue weighted by Crippen LogP contribution is -2.25. The van der Waals surface area contributed by atoms with Crippen molar-refractivity contribution in [1.29, 1.82) is 5.26 Å². The number of carbonyl (C=O) groups excluding carboxylic acids is 1. The fourth-order valence-electron chi connectivity index (χ4n) is 2.84. The molecule has 2 heterocycles. The third kappa shape index (κ3) is 4.45. The normalized spacial score (nSPS) is 10.8. The van der Waals surface area contributed by atoms with Crippen molar-refractivity contribution in [2.75, 3.05) is 6.54 Å². The number of nitriles is 1. The molecule has 0 fully saturated rings. The maximum atomic E-state index is 13.6. The number of amides is 1. The number of hydrogen-bond acceptors (Lipinski definition) is 7. The van der Waals surface area contributed by atoms with Gasteiger partial charge in [-0.3, -0.25) is 4.79 Å². The van der Waals surface area contributed by atoms with Crippen LogP contribution in [0.5, 0.6) is 0 Å². The van der Waals surface area contributed by atoms with Crippen LogP contribution in [0.2, 0.25) is 5.02 Å². The van der Waals surface area contributed by atoms with E-state index in [1.807, 2.05) is 18.2 Å². The van der Waals surface area contributed by atoms with E-state index in [2.05, 4.69) is 20.5 Å². The molecule has 0 aliphatic heterocycles. The molecule has 2 aromatic heterocycles. The molecule has 4 aromatic rings. The lowest BCUT2D eigenvalue weighted by atomic mass is 10.1. The van der Waals surface area contributed by atoms with E-state index in [9.17, 15) is 9.18 Å². The molecule has 0 bridgehead atoms. The van der Waals surface area contributed by atoms with Gasteiger partial charge < -0.3 is 9.73 Å². The van der Waals surface area contributed by atoms with Crippen molar-refractivity contribution in [2.24, 2.45) is 0 Å². The Morgan fingerprint density at radius 3 is 2.87 bits per heavy atom. The smallest absolute Gasteiger partial charge is 0.230 e. The molecule has 7 nitrogen and oxygen atoms in total. The predicted octanol–water partition coefficient (Wildman–Crippen LogP) is 3.91. The van der Waals surface area contributed by atoms with Gasteiger partial charge in [0.2, 0.25) is 17.7 Å². The number of benzene rings is 2. The number of carbonyl (C=O) groups is 1. The molecule has 1 N–H and O–H groups in total. The van der Waals surface area contributed by atoms with Crippen LogP contribution >= 0.6 is 22.9 Å². The molecule has 0 atom stereocenters. The maximum Gasteiger partial charge on any atom is 0.230 e. The van der Waals surface area contributed by atoms with E-state index in [0.717, 1.165) is 15.8 Å². The minimum absolute atomic E-state index is 0.0795. The average molecular weight is 442 g/mol. The van der Waals surface area contributed by atoms with Crippen LogP contribution in [0.25, 0.3) is 21.3 Å². The van der Waals surface area contributed by atoms with Gasteiger partial charge in [-0.1, -0.05) is 23.7 Å². The van der Waals surface area contributed by atoms with E-state index in [-0.39, 0.29) is 37.0 Å². The summed E-state index contributed by atoms with van der Waals surface area (Å²) in [5, 5.41) is 19.9. The van der Waals surface area contributed by atoms with E-state index in [1.165, 1.54) is 23.5 Å². The first-order valence-electron chi connectivity index (χ1n) is 8.81. The summed E-state index contributed by atoms with van der Waals surface area (Å²) >= 11 is 7.82. The van der Waals surface area contributed by atoms with Gasteiger partial charge in [0.25, 0.3) is 0 Å². The first-order chi connectivity index (χ1) is 14.5. The van der Waals surface area contributed by atoms with E-state index in [0.29, 0.717) is 21.4 Å². The Balaban J connectivity index is 1.54. The van der Waals surface area contributed by atoms with Gasteiger partial charge in [-0.15, -0.1) is 21.5 Å². The van der Waals surface area contributed by atoms with E-state index in [1.54, 1.807) is 12.1 Å². The van der Waals surface area contributed by atoms with E-state index in [4.69, 9.17) is 21.3 Å². The topological polar surface area (TPSA) is 105 Å². The lowest BCUT2D eigenvalue weighted by molar-refractivity contribution is -0.120. The summed E-state index contributed by atoms with van der Waals surface area (Å²) in [4.78, 5) is 16.2. The van der Waals surface area contributed by atoms with Gasteiger partial charge in [0.15, 0.2) is 0 Å². The Hall–Kier alpha value is -3.35. The van der Waals surface area contributed by atoms with Crippen molar-refractivity contribution >= 4 is 39.1 Å². The molecule has 30 heavy (non-hydrogen) atoms. The second kappa shape index (κ2) is 8.57. The molecule has 10 heteroatoms. The summed E-state index contributed by atoms with van der Waals surface area (Å²) in [5.74, 6) is -0.211. The highest BCUT2D eigenvalue weighted by Crippen LogP contribution is 2.34. The summed E-state index contributed by atoms with van der Waals surface area (Å²) in [6.45, 7) is -0.0795. The summed E-state index contributed by atoms with van der Waals surface area (Å²) in [7, 11) is 0. The molecule has 0 spiro atoms. The number of thiazole rings is 1. The van der Waals surface area contributed by atoms with Crippen LogP contribution in [-0.2, 0) is 17.6 Å². The molecule has 0 aliphatic rings. The number of nitrogens with one attached hydrogen (secondary N) is 1. The molecule has 4 rings (SSSR count). The monoisotopic (exact) mass is 441 g/mol. The molecule has 2 aromatic carbocycles. The minimum atomic E-state index is -0.372. The molecule has 0 saturated heterocycles. The Morgan fingerprint density at radius 2 is 2.07 bits per heavy atom. The first kappa shape index (κ1) is 19.9. The van der Waals surface area contributed by atoms with Crippen LogP contribution in [-0.4, -0.2) is 27.6 Å². The van der Waals surface area contributed by atoms with E-state index >= 15 is 0 Å². The Kier molecular flexibility index (Phi) is 5.70. The highest BCUT2D eigenvalue weighted by molar-refractivity contribution is 7.18. The van der Waals surface area contributed by atoms with Crippen LogP contribution < -0.4 is 5.32 Å². The third-order valence-electron chi connectivity index (χ3n) is 4.14. The number of rotatable bonds is 6. The van der Waals surface area contributed by atoms with Crippen LogP contribution in [0.1, 0.15) is 16.8 Å². The summed E-state index contributed by atoms with van der Waals surface area (Å²) in [6.07, 6.45) is 0.190. The van der Waals surface area contributed by atoms with Gasteiger partial charge in [-0.05, 0) is 35.4 Å². The summed E-state index contributed by atoms with van der Waals surface area (Å²) in [5.41, 5.74) is 2.17. The zero-order chi connectivity index (χ0) is 21.1. The van der Waals surface area contributed by atoms with Crippen LogP contribution in [0, 0.1) is 17.1 Å². The third-order valence-corrected chi connectivity index (χ3v) is 5.43. The van der Waals surface area contributed by atoms with E-state index < -0.39 is 0 Å². The fourth-order valence-corrected chi connectivity index (χ4v) is 4.19. The van der Waals surface area contributed by atoms with Crippen LogP contribution in [0.3, 0.4) is 0 Å². The number of halogens is 2. The molecule has 0 unspecified atom stereocenters. The predicted molar refractivity (Wildman–Crippen MR) is 109 cm³/mol. The zero-order valence-electron chi connectivity index (χ0n) is 15.4. The van der Waals surface area contributed by atoms with Crippen molar-refractivity contribution in [1.82, 2.24) is 20.5 Å². The Morgan fingerprint density at radius 1 is 1.23 bits per heavy atom. The second-order valence-corrected chi connectivity index (χ2v) is 7.82. The minimum Gasteiger partial charge on any atom is -0.424 e. The summed E-state index contributed by atoms with van der Waals surface area (Å²) < 4.78 is 19.9. The lowest BCUT2D eigenvalue weighted by Gasteiger charge is -2.03. The largest absolute Gasteiger partial charge is 0.424 e. The van der Waals surface area contributed by atoms with Crippen LogP contribution in [0.4, 0.5) is 4.39 Å². The highest BCUT2D eigenvalue weighted by Gasteiger charge is 2.15. The number of nitrogens with zero attached hydrogens (tertiary/aromatic N) is 4. The number of fused-ring (bicyclic) bond motifs is 1. The van der Waals surface area contributed by atoms with Gasteiger partial charge >= 0.3 is 0 Å². The molecule has 0 aliphatic carbocycles. The Bertz CT molecular complexity index is 1280. The van der Waals surface area contributed by atoms with Gasteiger partial charge in [0.1, 0.15) is 29.3 Å². The SMILES string of the molecule is N#CCNC(=O)Cc1nnc(Cc2nc3c(Cl)cc(-c4cccc(F)c4)cc3s2)o1. The molecule has 0 radical (unpaired) electrons. The molecular formula is C20H13ClFN5O2S. The summed E-state index contributed by atoms with van der Waals surface area (Å²) in [6, 6.07) is 11.8. The highest BCUT2D eigenvalue weighted by atomic mass is 35.5. The van der Waals surface area contributed by atoms with Gasteiger partial charge in [-0.25, -0.2) is 9.37 Å². The maximum absolute atomic E-state index is 13.6. The number of hydrogen-bond donors (Lipinski definition) is 1. The van der Waals surface area contributed by atoms with Crippen molar-refractivity contribution in [3.8, 4) is 17.2 Å². The molecule has 0 saturated carbocycles. The van der Waals surface area contributed by atoms with Crippen molar-refractivity contribution in [2.45, 2.75) is 12.8 Å². The van der Waals surface area contributed by atoms with Gasteiger partial charge in [0.05, 0.1) is 22.2 Å². The standard InChI is InChI=1S/C20H13ClFN5O2S/c21-14-7-12(11-2-1-3-13(22)6-11)8-15-20(14)25-19(30-15)10-18-27-26-17(29-18)9-16(28)24-5-4-23/h1-3,6-8H,5,9-10H2,(H,24,28). The molecule has 1 amide bonds. The van der Waals surface area contributed by atoms with Crippen molar-refractivity contribution < 1.29 is 13.6 Å². The fraction of sp³-hybridized carbons (Fsp3) is 0.150. The molecular weight excluding hydrogens is 429 g/mol. The van der Waals surface area contributed by atoms with Gasteiger partial charge in [-0.2, -0.15) is 5.26 Å². The van der Waals surface area contributed by atoms with Crippen LogP contribution in [0.15, 0.2) is 40.8 Å². The molecule has 150 valence electrons. The Labute approximate surface area is 179 Å². The van der Waals surface area contributed by atoms with Crippen molar-refractivity contribution in [3.63, 3.8) is 0 Å².